The van der Waals surface area contributed by atoms with Gasteiger partial charge in [0, 0.05) is 4.11 Å². The molecule has 0 atom stereocenters. The lowest BCUT2D eigenvalue weighted by molar-refractivity contribution is 0.304. The van der Waals surface area contributed by atoms with Gasteiger partial charge in [-0.3, -0.25) is 0 Å². The number of ether oxygens (including phenoxy) is 1. The highest BCUT2D eigenvalue weighted by molar-refractivity contribution is 9.10. The van der Waals surface area contributed by atoms with Gasteiger partial charge in [0.2, 0.25) is 0 Å². The van der Waals surface area contributed by atoms with Crippen molar-refractivity contribution in [2.75, 3.05) is 0 Å². The van der Waals surface area contributed by atoms with Crippen LogP contribution in [0.2, 0.25) is 0 Å². The zero-order chi connectivity index (χ0) is 13.9. The van der Waals surface area contributed by atoms with Crippen molar-refractivity contribution in [2.45, 2.75) is 13.5 Å². The summed E-state index contributed by atoms with van der Waals surface area (Å²) in [7, 11) is 0. The predicted molar refractivity (Wildman–Crippen MR) is 69.7 cm³/mol. The van der Waals surface area contributed by atoms with Crippen molar-refractivity contribution in [3.05, 3.63) is 64.1 Å². The molecule has 2 rings (SSSR count). The Morgan fingerprint density at radius 2 is 2.00 bits per heavy atom. The predicted octanol–water partition coefficient (Wildman–Crippen LogP) is 4.34. The molecule has 0 aliphatic carbocycles. The Bertz CT molecular complexity index is 552. The van der Waals surface area contributed by atoms with E-state index in [9.17, 15) is 0 Å². The van der Waals surface area contributed by atoms with Crippen LogP contribution in [0.15, 0.2) is 53.0 Å². The largest absolute Gasteiger partial charge is 0.488 e. The molecule has 0 radical (unpaired) electrons. The van der Waals surface area contributed by atoms with Gasteiger partial charge in [-0.2, -0.15) is 0 Å². The second-order valence-corrected chi connectivity index (χ2v) is 4.27. The molecule has 0 bridgehead atoms. The van der Waals surface area contributed by atoms with E-state index in [0.29, 0.717) is 22.4 Å². The molecular formula is C14H13BrO. The van der Waals surface area contributed by atoms with Crippen LogP contribution in [0, 0.1) is 6.85 Å². The van der Waals surface area contributed by atoms with E-state index in [4.69, 9.17) is 8.85 Å². The van der Waals surface area contributed by atoms with E-state index in [2.05, 4.69) is 15.9 Å². The molecule has 0 fully saturated rings. The third-order valence-corrected chi connectivity index (χ3v) is 2.79. The molecule has 0 heterocycles. The highest BCUT2D eigenvalue weighted by atomic mass is 79.9. The molecule has 2 aromatic carbocycles. The third kappa shape index (κ3) is 2.86. The van der Waals surface area contributed by atoms with Crippen molar-refractivity contribution >= 4 is 15.9 Å². The van der Waals surface area contributed by atoms with Gasteiger partial charge in [-0.15, -0.1) is 0 Å². The first-order chi connectivity index (χ1) is 8.97. The molecule has 0 N–H and O–H groups in total. The molecule has 16 heavy (non-hydrogen) atoms. The first kappa shape index (κ1) is 7.91. The van der Waals surface area contributed by atoms with E-state index in [1.165, 1.54) is 0 Å². The molecule has 0 aliphatic rings. The van der Waals surface area contributed by atoms with Crippen LogP contribution in [-0.4, -0.2) is 0 Å². The smallest absolute Gasteiger partial charge is 0.134 e. The quantitative estimate of drug-likeness (QED) is 0.812. The molecule has 82 valence electrons. The van der Waals surface area contributed by atoms with Gasteiger partial charge in [-0.25, -0.2) is 0 Å². The normalized spacial score (nSPS) is 13.7. The van der Waals surface area contributed by atoms with Gasteiger partial charge in [-0.05, 0) is 46.0 Å². The maximum absolute atomic E-state index is 7.35. The summed E-state index contributed by atoms with van der Waals surface area (Å²) in [6, 6.07) is 14.6. The molecule has 0 saturated carbocycles. The van der Waals surface area contributed by atoms with Crippen molar-refractivity contribution < 1.29 is 8.85 Å². The Kier molecular flexibility index (Phi) is 2.56. The van der Waals surface area contributed by atoms with Crippen molar-refractivity contribution in [3.8, 4) is 5.75 Å². The first-order valence-electron chi connectivity index (χ1n) is 6.43. The average Bonchev–Trinajstić information content (AvgIpc) is 2.37. The highest BCUT2D eigenvalue weighted by Crippen LogP contribution is 2.26. The van der Waals surface area contributed by atoms with Gasteiger partial charge in [0.25, 0.3) is 0 Å². The Morgan fingerprint density at radius 1 is 1.19 bits per heavy atom. The van der Waals surface area contributed by atoms with Crippen molar-refractivity contribution in [2.24, 2.45) is 0 Å². The number of hydrogen-bond donors (Lipinski definition) is 0. The molecule has 0 aliphatic heterocycles. The molecule has 0 saturated heterocycles. The maximum Gasteiger partial charge on any atom is 0.134 e. The molecule has 2 heteroatoms. The van der Waals surface area contributed by atoms with Crippen LogP contribution in [0.3, 0.4) is 0 Å². The third-order valence-electron chi connectivity index (χ3n) is 2.17. The fourth-order valence-corrected chi connectivity index (χ4v) is 1.85. The zero-order valence-corrected chi connectivity index (χ0v) is 10.2. The topological polar surface area (TPSA) is 9.23 Å². The number of halogens is 1. The fourth-order valence-electron chi connectivity index (χ4n) is 1.35. The van der Waals surface area contributed by atoms with Gasteiger partial charge in [0.05, 0.1) is 4.47 Å². The minimum absolute atomic E-state index is 0.298. The van der Waals surface area contributed by atoms with Crippen LogP contribution in [0.4, 0.5) is 0 Å². The van der Waals surface area contributed by atoms with Gasteiger partial charge in [0.15, 0.2) is 0 Å². The average molecular weight is 280 g/mol. The standard InChI is InChI=1S/C14H13BrO/c1-11-7-8-14(13(15)9-11)16-10-12-5-3-2-4-6-12/h2-9H,10H2,1H3/i1D3. The van der Waals surface area contributed by atoms with Gasteiger partial charge < -0.3 is 4.74 Å². The van der Waals surface area contributed by atoms with Crippen LogP contribution >= 0.6 is 15.9 Å². The number of hydrogen-bond acceptors (Lipinski definition) is 1. The second kappa shape index (κ2) is 5.17. The molecule has 0 amide bonds. The lowest BCUT2D eigenvalue weighted by atomic mass is 10.2. The van der Waals surface area contributed by atoms with E-state index in [-0.39, 0.29) is 0 Å². The van der Waals surface area contributed by atoms with Gasteiger partial charge in [-0.1, -0.05) is 36.4 Å². The minimum Gasteiger partial charge on any atom is -0.488 e. The van der Waals surface area contributed by atoms with E-state index in [1.807, 2.05) is 30.3 Å². The Balaban J connectivity index is 2.10. The number of rotatable bonds is 3. The van der Waals surface area contributed by atoms with E-state index in [0.717, 1.165) is 5.56 Å². The van der Waals surface area contributed by atoms with Crippen LogP contribution in [0.1, 0.15) is 15.2 Å². The molecule has 0 aromatic heterocycles. The number of benzene rings is 2. The Labute approximate surface area is 108 Å². The highest BCUT2D eigenvalue weighted by Gasteiger charge is 2.01. The van der Waals surface area contributed by atoms with Crippen LogP contribution in [-0.2, 0) is 6.61 Å². The van der Waals surface area contributed by atoms with E-state index < -0.39 is 6.85 Å². The van der Waals surface area contributed by atoms with Crippen molar-refractivity contribution in [3.63, 3.8) is 0 Å². The molecular weight excluding hydrogens is 264 g/mol. The number of aryl methyl sites for hydroxylation is 1. The van der Waals surface area contributed by atoms with Crippen LogP contribution in [0.25, 0.3) is 0 Å². The van der Waals surface area contributed by atoms with Gasteiger partial charge in [0.1, 0.15) is 12.4 Å². The summed E-state index contributed by atoms with van der Waals surface area (Å²) in [4.78, 5) is 0. The molecule has 2 aromatic rings. The molecule has 1 nitrogen and oxygen atoms in total. The first-order valence-corrected chi connectivity index (χ1v) is 5.73. The van der Waals surface area contributed by atoms with Crippen LogP contribution < -0.4 is 4.74 Å². The minimum atomic E-state index is -2.10. The Morgan fingerprint density at radius 3 is 2.69 bits per heavy atom. The summed E-state index contributed by atoms with van der Waals surface area (Å²) in [6.07, 6.45) is 0. The monoisotopic (exact) mass is 279 g/mol. The van der Waals surface area contributed by atoms with Crippen LogP contribution in [0.5, 0.6) is 5.75 Å². The van der Waals surface area contributed by atoms with E-state index >= 15 is 0 Å². The summed E-state index contributed by atoms with van der Waals surface area (Å²) >= 11 is 3.34. The fraction of sp³-hybridized carbons (Fsp3) is 0.143. The zero-order valence-electron chi connectivity index (χ0n) is 11.6. The lowest BCUT2D eigenvalue weighted by Crippen LogP contribution is -1.95. The van der Waals surface area contributed by atoms with Crippen molar-refractivity contribution in [1.82, 2.24) is 0 Å². The molecule has 0 spiro atoms. The SMILES string of the molecule is [2H]C([2H])([2H])c1ccc(OCc2ccccc2)c(Br)c1. The summed E-state index contributed by atoms with van der Waals surface area (Å²) in [5.41, 5.74) is 1.36. The summed E-state index contributed by atoms with van der Waals surface area (Å²) in [6.45, 7) is -1.65. The Hall–Kier alpha value is -1.28. The van der Waals surface area contributed by atoms with Crippen molar-refractivity contribution in [1.29, 1.82) is 0 Å². The molecule has 0 unspecified atom stereocenters. The lowest BCUT2D eigenvalue weighted by Gasteiger charge is -2.08. The van der Waals surface area contributed by atoms with E-state index in [1.54, 1.807) is 18.2 Å². The summed E-state index contributed by atoms with van der Waals surface area (Å²) in [5.74, 6) is 0.636. The maximum atomic E-state index is 7.35. The summed E-state index contributed by atoms with van der Waals surface area (Å²) in [5, 5.41) is 0. The van der Waals surface area contributed by atoms with Gasteiger partial charge >= 0.3 is 0 Å². The second-order valence-electron chi connectivity index (χ2n) is 3.42. The summed E-state index contributed by atoms with van der Waals surface area (Å²) < 4.78 is 28.4.